The van der Waals surface area contributed by atoms with E-state index in [9.17, 15) is 14.3 Å². The average molecular weight is 351 g/mol. The number of alkyl halides is 1. The molecule has 1 atom stereocenters. The Kier molecular flexibility index (Phi) is 4.85. The molecule has 0 amide bonds. The molecule has 24 heavy (non-hydrogen) atoms. The molecule has 1 saturated heterocycles. The highest BCUT2D eigenvalue weighted by molar-refractivity contribution is 6.30. The summed E-state index contributed by atoms with van der Waals surface area (Å²) in [5, 5.41) is 9.60. The molecule has 2 aromatic rings. The van der Waals surface area contributed by atoms with Gasteiger partial charge in [0, 0.05) is 19.2 Å². The quantitative estimate of drug-likeness (QED) is 0.893. The van der Waals surface area contributed by atoms with Gasteiger partial charge < -0.3 is 14.7 Å². The van der Waals surface area contributed by atoms with Crippen molar-refractivity contribution in [3.05, 3.63) is 52.7 Å². The van der Waals surface area contributed by atoms with Crippen LogP contribution in [0.1, 0.15) is 22.3 Å². The van der Waals surface area contributed by atoms with Gasteiger partial charge in [0.2, 0.25) is 0 Å². The van der Waals surface area contributed by atoms with Crippen molar-refractivity contribution in [2.75, 3.05) is 18.0 Å². The van der Waals surface area contributed by atoms with Gasteiger partial charge in [-0.2, -0.15) is 0 Å². The number of hydrogen-bond acceptors (Lipinski definition) is 4. The van der Waals surface area contributed by atoms with Crippen molar-refractivity contribution in [2.45, 2.75) is 19.2 Å². The van der Waals surface area contributed by atoms with E-state index in [0.717, 1.165) is 6.42 Å². The molecule has 5 nitrogen and oxygen atoms in total. The van der Waals surface area contributed by atoms with Crippen LogP contribution in [0, 0.1) is 0 Å². The molecule has 0 spiro atoms. The third-order valence-electron chi connectivity index (χ3n) is 3.89. The van der Waals surface area contributed by atoms with E-state index in [4.69, 9.17) is 16.3 Å². The number of rotatable bonds is 5. The number of carboxylic acid groups (broad SMARTS) is 1. The Hall–Kier alpha value is -2.34. The number of aromatic nitrogens is 1. The van der Waals surface area contributed by atoms with Gasteiger partial charge in [-0.3, -0.25) is 0 Å². The van der Waals surface area contributed by atoms with Crippen LogP contribution in [0.5, 0.6) is 5.75 Å². The number of halogens is 2. The molecule has 0 saturated carbocycles. The number of anilines is 1. The van der Waals surface area contributed by atoms with E-state index in [0.29, 0.717) is 30.2 Å². The van der Waals surface area contributed by atoms with Crippen LogP contribution in [0.2, 0.25) is 5.02 Å². The molecule has 1 fully saturated rings. The van der Waals surface area contributed by atoms with Crippen molar-refractivity contribution in [1.82, 2.24) is 4.98 Å². The van der Waals surface area contributed by atoms with Crippen LogP contribution >= 0.6 is 11.6 Å². The lowest BCUT2D eigenvalue weighted by molar-refractivity contribution is 0.0697. The Morgan fingerprint density at radius 3 is 2.83 bits per heavy atom. The number of nitrogens with zero attached hydrogens (tertiary/aromatic N) is 2. The van der Waals surface area contributed by atoms with E-state index in [1.807, 2.05) is 4.90 Å². The van der Waals surface area contributed by atoms with Crippen LogP contribution in [-0.2, 0) is 6.67 Å². The Labute approximate surface area is 143 Å². The largest absolute Gasteiger partial charge is 0.489 e. The molecular weight excluding hydrogens is 335 g/mol. The van der Waals surface area contributed by atoms with Crippen LogP contribution in [0.4, 0.5) is 10.2 Å². The third-order valence-corrected chi connectivity index (χ3v) is 4.10. The smallest absolute Gasteiger partial charge is 0.339 e. The zero-order valence-corrected chi connectivity index (χ0v) is 13.5. The zero-order chi connectivity index (χ0) is 17.1. The molecule has 3 rings (SSSR count). The molecule has 7 heteroatoms. The summed E-state index contributed by atoms with van der Waals surface area (Å²) in [4.78, 5) is 17.4. The topological polar surface area (TPSA) is 62.7 Å². The first-order valence-corrected chi connectivity index (χ1v) is 7.90. The summed E-state index contributed by atoms with van der Waals surface area (Å²) in [6, 6.07) is 8.24. The minimum atomic E-state index is -1.06. The standard InChI is InChI=1S/C17H16ClFN2O3/c18-12-7-15(17(22)23)16(20-9-12)21-6-5-14(10-21)24-13-3-1-11(8-19)2-4-13/h1-4,7,9,14H,5-6,8,10H2,(H,22,23). The molecule has 1 aromatic carbocycles. The Bertz CT molecular complexity index is 739. The van der Waals surface area contributed by atoms with E-state index in [1.165, 1.54) is 12.3 Å². The fourth-order valence-electron chi connectivity index (χ4n) is 2.71. The first-order valence-electron chi connectivity index (χ1n) is 7.52. The number of hydrogen-bond donors (Lipinski definition) is 1. The van der Waals surface area contributed by atoms with Crippen LogP contribution in [-0.4, -0.2) is 35.3 Å². The first-order chi connectivity index (χ1) is 11.6. The van der Waals surface area contributed by atoms with E-state index in [2.05, 4.69) is 4.98 Å². The van der Waals surface area contributed by atoms with E-state index in [-0.39, 0.29) is 16.7 Å². The molecule has 126 valence electrons. The lowest BCUT2D eigenvalue weighted by Crippen LogP contribution is -2.26. The number of pyridine rings is 1. The van der Waals surface area contributed by atoms with Crippen molar-refractivity contribution >= 4 is 23.4 Å². The van der Waals surface area contributed by atoms with Gasteiger partial charge in [0.05, 0.1) is 11.6 Å². The minimum absolute atomic E-state index is 0.0791. The number of carbonyl (C=O) groups is 1. The van der Waals surface area contributed by atoms with Crippen LogP contribution in [0.3, 0.4) is 0 Å². The molecule has 0 bridgehead atoms. The number of ether oxygens (including phenoxy) is 1. The van der Waals surface area contributed by atoms with Gasteiger partial charge in [0.25, 0.3) is 0 Å². The fraction of sp³-hybridized carbons (Fsp3) is 0.294. The second-order valence-electron chi connectivity index (χ2n) is 5.58. The zero-order valence-electron chi connectivity index (χ0n) is 12.8. The highest BCUT2D eigenvalue weighted by Gasteiger charge is 2.28. The minimum Gasteiger partial charge on any atom is -0.489 e. The van der Waals surface area contributed by atoms with Crippen molar-refractivity contribution in [2.24, 2.45) is 0 Å². The Morgan fingerprint density at radius 2 is 2.17 bits per heavy atom. The SMILES string of the molecule is O=C(O)c1cc(Cl)cnc1N1CCC(Oc2ccc(CF)cc2)C1. The summed E-state index contributed by atoms with van der Waals surface area (Å²) in [7, 11) is 0. The number of benzene rings is 1. The molecule has 0 aliphatic carbocycles. The third kappa shape index (κ3) is 3.59. The molecule has 1 aromatic heterocycles. The van der Waals surface area contributed by atoms with E-state index < -0.39 is 12.6 Å². The molecule has 1 unspecified atom stereocenters. The lowest BCUT2D eigenvalue weighted by atomic mass is 10.2. The molecule has 1 aliphatic rings. The molecule has 0 radical (unpaired) electrons. The summed E-state index contributed by atoms with van der Waals surface area (Å²) in [5.74, 6) is -0.00136. The summed E-state index contributed by atoms with van der Waals surface area (Å²) in [5.41, 5.74) is 0.683. The summed E-state index contributed by atoms with van der Waals surface area (Å²) in [6.45, 7) is 0.666. The van der Waals surface area contributed by atoms with Gasteiger partial charge >= 0.3 is 5.97 Å². The maximum atomic E-state index is 12.5. The van der Waals surface area contributed by atoms with Gasteiger partial charge in [0.1, 0.15) is 29.9 Å². The summed E-state index contributed by atoms with van der Waals surface area (Å²) in [6.07, 6.45) is 2.10. The van der Waals surface area contributed by atoms with Gasteiger partial charge in [-0.15, -0.1) is 0 Å². The second kappa shape index (κ2) is 7.05. The predicted octanol–water partition coefficient (Wildman–Crippen LogP) is 3.56. The summed E-state index contributed by atoms with van der Waals surface area (Å²) >= 11 is 5.83. The van der Waals surface area contributed by atoms with Gasteiger partial charge in [-0.05, 0) is 23.8 Å². The number of aromatic carboxylic acids is 1. The van der Waals surface area contributed by atoms with Crippen LogP contribution in [0.25, 0.3) is 0 Å². The van der Waals surface area contributed by atoms with Crippen molar-refractivity contribution in [3.8, 4) is 5.75 Å². The highest BCUT2D eigenvalue weighted by atomic mass is 35.5. The first kappa shape index (κ1) is 16.5. The summed E-state index contributed by atoms with van der Waals surface area (Å²) < 4.78 is 18.4. The van der Waals surface area contributed by atoms with Gasteiger partial charge in [0.15, 0.2) is 0 Å². The Morgan fingerprint density at radius 1 is 1.42 bits per heavy atom. The van der Waals surface area contributed by atoms with Gasteiger partial charge in [-0.1, -0.05) is 23.7 Å². The van der Waals surface area contributed by atoms with E-state index >= 15 is 0 Å². The molecule has 1 N–H and O–H groups in total. The van der Waals surface area contributed by atoms with Crippen LogP contribution < -0.4 is 9.64 Å². The van der Waals surface area contributed by atoms with Gasteiger partial charge in [-0.25, -0.2) is 14.2 Å². The van der Waals surface area contributed by atoms with Crippen molar-refractivity contribution in [1.29, 1.82) is 0 Å². The average Bonchev–Trinajstić information content (AvgIpc) is 3.03. The number of carboxylic acids is 1. The lowest BCUT2D eigenvalue weighted by Gasteiger charge is -2.20. The fourth-order valence-corrected chi connectivity index (χ4v) is 2.87. The molecular formula is C17H16ClFN2O3. The Balaban J connectivity index is 1.70. The monoisotopic (exact) mass is 350 g/mol. The maximum Gasteiger partial charge on any atom is 0.339 e. The highest BCUT2D eigenvalue weighted by Crippen LogP contribution is 2.27. The molecule has 2 heterocycles. The normalized spacial score (nSPS) is 17.1. The maximum absolute atomic E-state index is 12.5. The van der Waals surface area contributed by atoms with Crippen molar-refractivity contribution in [3.63, 3.8) is 0 Å². The van der Waals surface area contributed by atoms with Crippen molar-refractivity contribution < 1.29 is 19.0 Å². The molecule has 1 aliphatic heterocycles. The second-order valence-corrected chi connectivity index (χ2v) is 6.02. The van der Waals surface area contributed by atoms with Crippen LogP contribution in [0.15, 0.2) is 36.5 Å². The predicted molar refractivity (Wildman–Crippen MR) is 88.7 cm³/mol. The van der Waals surface area contributed by atoms with E-state index in [1.54, 1.807) is 24.3 Å².